The van der Waals surface area contributed by atoms with Crippen molar-refractivity contribution in [3.63, 3.8) is 0 Å². The summed E-state index contributed by atoms with van der Waals surface area (Å²) in [5.41, 5.74) is 5.03. The number of hydrogen-bond acceptors (Lipinski definition) is 4. The Bertz CT molecular complexity index is 1260. The molecule has 4 aromatic rings. The molecule has 0 radical (unpaired) electrons. The van der Waals surface area contributed by atoms with Crippen LogP contribution in [0.3, 0.4) is 0 Å². The average molecular weight is 438 g/mol. The van der Waals surface area contributed by atoms with Gasteiger partial charge in [0.1, 0.15) is 0 Å². The fraction of sp³-hybridized carbons (Fsp3) is 0.0769. The first kappa shape index (κ1) is 21.7. The van der Waals surface area contributed by atoms with E-state index < -0.39 is 4.92 Å². The second-order valence-electron chi connectivity index (χ2n) is 7.46. The Balaban J connectivity index is 1.39. The molecule has 0 unspecified atom stereocenters. The molecule has 164 valence electrons. The Morgan fingerprint density at radius 2 is 1.76 bits per heavy atom. The van der Waals surface area contributed by atoms with Gasteiger partial charge in [0.05, 0.1) is 11.5 Å². The van der Waals surface area contributed by atoms with Gasteiger partial charge in [0.25, 0.3) is 5.69 Å². The van der Waals surface area contributed by atoms with Crippen LogP contribution in [-0.2, 0) is 17.9 Å². The Morgan fingerprint density at radius 1 is 1.00 bits per heavy atom. The monoisotopic (exact) mass is 438 g/mol. The van der Waals surface area contributed by atoms with E-state index in [1.165, 1.54) is 18.2 Å². The molecule has 33 heavy (non-hydrogen) atoms. The van der Waals surface area contributed by atoms with Gasteiger partial charge in [0.2, 0.25) is 5.91 Å². The lowest BCUT2D eigenvalue weighted by Crippen LogP contribution is -2.20. The molecule has 4 rings (SSSR count). The molecule has 1 aromatic heterocycles. The number of nitro groups is 1. The molecular weight excluding hydrogens is 416 g/mol. The van der Waals surface area contributed by atoms with Crippen LogP contribution in [0.15, 0.2) is 97.3 Å². The summed E-state index contributed by atoms with van der Waals surface area (Å²) in [7, 11) is 0. The molecular formula is C26H22N4O3. The van der Waals surface area contributed by atoms with Crippen molar-refractivity contribution in [3.05, 3.63) is 124 Å². The van der Waals surface area contributed by atoms with Gasteiger partial charge in [-0.25, -0.2) is 0 Å². The molecule has 0 aliphatic carbocycles. The van der Waals surface area contributed by atoms with Crippen LogP contribution in [0.1, 0.15) is 16.7 Å². The Kier molecular flexibility index (Phi) is 6.70. The van der Waals surface area contributed by atoms with Crippen LogP contribution in [0.2, 0.25) is 0 Å². The number of nitrogens with zero attached hydrogens (tertiary/aromatic N) is 3. The number of nitro benzene ring substituents is 1. The third-order valence-electron chi connectivity index (χ3n) is 5.17. The lowest BCUT2D eigenvalue weighted by Gasteiger charge is -2.11. The highest BCUT2D eigenvalue weighted by Gasteiger charge is 2.07. The van der Waals surface area contributed by atoms with E-state index in [0.29, 0.717) is 18.7 Å². The van der Waals surface area contributed by atoms with E-state index in [4.69, 9.17) is 0 Å². The van der Waals surface area contributed by atoms with E-state index in [-0.39, 0.29) is 11.6 Å². The van der Waals surface area contributed by atoms with E-state index in [1.54, 1.807) is 24.4 Å². The van der Waals surface area contributed by atoms with Crippen molar-refractivity contribution in [1.82, 2.24) is 15.1 Å². The third-order valence-corrected chi connectivity index (χ3v) is 5.17. The molecule has 7 nitrogen and oxygen atoms in total. The predicted molar refractivity (Wildman–Crippen MR) is 127 cm³/mol. The summed E-state index contributed by atoms with van der Waals surface area (Å²) in [6.07, 6.45) is 6.75. The number of carbonyl (C=O) groups excluding carboxylic acids is 1. The fourth-order valence-electron chi connectivity index (χ4n) is 3.45. The summed E-state index contributed by atoms with van der Waals surface area (Å²) in [5.74, 6) is -0.238. The van der Waals surface area contributed by atoms with Crippen LogP contribution in [0, 0.1) is 10.1 Å². The van der Waals surface area contributed by atoms with E-state index in [1.807, 2.05) is 41.2 Å². The van der Waals surface area contributed by atoms with Crippen molar-refractivity contribution in [2.24, 2.45) is 0 Å². The average Bonchev–Trinajstić information content (AvgIpc) is 3.35. The van der Waals surface area contributed by atoms with E-state index in [2.05, 4.69) is 34.7 Å². The number of hydrogen-bond donors (Lipinski definition) is 1. The largest absolute Gasteiger partial charge is 0.348 e. The molecule has 0 atom stereocenters. The molecule has 1 amide bonds. The second-order valence-corrected chi connectivity index (χ2v) is 7.46. The van der Waals surface area contributed by atoms with Crippen molar-refractivity contribution in [2.75, 3.05) is 0 Å². The van der Waals surface area contributed by atoms with Crippen LogP contribution in [-0.4, -0.2) is 20.6 Å². The maximum atomic E-state index is 12.3. The van der Waals surface area contributed by atoms with Crippen molar-refractivity contribution in [2.45, 2.75) is 13.1 Å². The van der Waals surface area contributed by atoms with Crippen LogP contribution in [0.4, 0.5) is 5.69 Å². The van der Waals surface area contributed by atoms with Gasteiger partial charge in [0, 0.05) is 37.1 Å². The minimum atomic E-state index is -0.454. The van der Waals surface area contributed by atoms with Gasteiger partial charge >= 0.3 is 0 Å². The van der Waals surface area contributed by atoms with Gasteiger partial charge in [-0.3, -0.25) is 19.6 Å². The molecule has 3 aromatic carbocycles. The lowest BCUT2D eigenvalue weighted by molar-refractivity contribution is -0.384. The minimum absolute atomic E-state index is 0.0163. The Morgan fingerprint density at radius 3 is 2.45 bits per heavy atom. The highest BCUT2D eigenvalue weighted by molar-refractivity contribution is 5.91. The minimum Gasteiger partial charge on any atom is -0.348 e. The first-order chi connectivity index (χ1) is 16.1. The summed E-state index contributed by atoms with van der Waals surface area (Å²) in [6.45, 7) is 1.10. The lowest BCUT2D eigenvalue weighted by atomic mass is 9.98. The summed E-state index contributed by atoms with van der Waals surface area (Å²) in [4.78, 5) is 22.6. The molecule has 0 aliphatic rings. The van der Waals surface area contributed by atoms with Gasteiger partial charge in [-0.2, -0.15) is 5.10 Å². The zero-order valence-electron chi connectivity index (χ0n) is 17.8. The van der Waals surface area contributed by atoms with Crippen molar-refractivity contribution in [1.29, 1.82) is 0 Å². The Labute approximate surface area is 191 Å². The number of aromatic nitrogens is 2. The summed E-state index contributed by atoms with van der Waals surface area (Å²) < 4.78 is 1.88. The summed E-state index contributed by atoms with van der Waals surface area (Å²) in [5, 5.41) is 17.9. The van der Waals surface area contributed by atoms with E-state index >= 15 is 0 Å². The first-order valence-electron chi connectivity index (χ1n) is 10.4. The number of nitrogens with one attached hydrogen (secondary N) is 1. The standard InChI is InChI=1S/C26H22N4O3/c31-26(15-10-20-8-13-24(14-9-20)30(32)33)27-18-23-4-1-2-5-25(23)22-11-6-21(7-12-22)19-29-17-3-16-28-29/h1-17H,18-19H2,(H,27,31). The molecule has 7 heteroatoms. The fourth-order valence-corrected chi connectivity index (χ4v) is 3.45. The molecule has 0 bridgehead atoms. The smallest absolute Gasteiger partial charge is 0.269 e. The van der Waals surface area contributed by atoms with Crippen molar-refractivity contribution in [3.8, 4) is 11.1 Å². The zero-order valence-corrected chi connectivity index (χ0v) is 17.8. The quantitative estimate of drug-likeness (QED) is 0.242. The number of non-ortho nitro benzene ring substituents is 1. The van der Waals surface area contributed by atoms with E-state index in [9.17, 15) is 14.9 Å². The summed E-state index contributed by atoms with van der Waals surface area (Å²) >= 11 is 0. The van der Waals surface area contributed by atoms with Gasteiger partial charge in [-0.1, -0.05) is 48.5 Å². The molecule has 0 spiro atoms. The number of carbonyl (C=O) groups is 1. The van der Waals surface area contributed by atoms with Gasteiger partial charge < -0.3 is 5.32 Å². The molecule has 0 saturated carbocycles. The van der Waals surface area contributed by atoms with Gasteiger partial charge in [0.15, 0.2) is 0 Å². The van der Waals surface area contributed by atoms with Crippen LogP contribution in [0.25, 0.3) is 17.2 Å². The number of amides is 1. The third kappa shape index (κ3) is 5.80. The number of benzene rings is 3. The maximum absolute atomic E-state index is 12.3. The van der Waals surface area contributed by atoms with Gasteiger partial charge in [-0.05, 0) is 52.1 Å². The topological polar surface area (TPSA) is 90.1 Å². The number of rotatable bonds is 8. The van der Waals surface area contributed by atoms with Gasteiger partial charge in [-0.15, -0.1) is 0 Å². The zero-order chi connectivity index (χ0) is 23.0. The highest BCUT2D eigenvalue weighted by atomic mass is 16.6. The van der Waals surface area contributed by atoms with Crippen LogP contribution >= 0.6 is 0 Å². The van der Waals surface area contributed by atoms with Crippen molar-refractivity contribution >= 4 is 17.7 Å². The molecule has 1 heterocycles. The molecule has 0 saturated heterocycles. The molecule has 0 aliphatic heterocycles. The SMILES string of the molecule is O=C(C=Cc1ccc([N+](=O)[O-])cc1)NCc1ccccc1-c1ccc(Cn2cccn2)cc1. The van der Waals surface area contributed by atoms with Crippen LogP contribution < -0.4 is 5.32 Å². The molecule has 1 N–H and O–H groups in total. The molecule has 0 fully saturated rings. The van der Waals surface area contributed by atoms with Crippen LogP contribution in [0.5, 0.6) is 0 Å². The first-order valence-corrected chi connectivity index (χ1v) is 10.4. The highest BCUT2D eigenvalue weighted by Crippen LogP contribution is 2.24. The van der Waals surface area contributed by atoms with Crippen molar-refractivity contribution < 1.29 is 9.72 Å². The Hall–Kier alpha value is -4.52. The second kappa shape index (κ2) is 10.2. The summed E-state index contributed by atoms with van der Waals surface area (Å²) in [6, 6.07) is 24.2. The van der Waals surface area contributed by atoms with E-state index in [0.717, 1.165) is 22.3 Å². The maximum Gasteiger partial charge on any atom is 0.269 e. The normalized spacial score (nSPS) is 10.9. The predicted octanol–water partition coefficient (Wildman–Crippen LogP) is 4.84.